The van der Waals surface area contributed by atoms with Crippen LogP contribution in [-0.2, 0) is 32.6 Å². The number of sulfonamides is 1. The molecule has 0 fully saturated rings. The summed E-state index contributed by atoms with van der Waals surface area (Å²) in [4.78, 5) is 29.9. The molecule has 0 bridgehead atoms. The third-order valence-electron chi connectivity index (χ3n) is 7.10. The minimum atomic E-state index is -4.13. The van der Waals surface area contributed by atoms with Gasteiger partial charge in [-0.1, -0.05) is 103 Å². The second-order valence-corrected chi connectivity index (χ2v) is 13.9. The number of carbonyl (C=O) groups excluding carboxylic acids is 2. The molecule has 1 N–H and O–H groups in total. The molecule has 4 rings (SSSR count). The van der Waals surface area contributed by atoms with Crippen molar-refractivity contribution in [1.82, 2.24) is 10.2 Å². The molecular formula is C35H38BrN3O4S. The lowest BCUT2D eigenvalue weighted by atomic mass is 10.0. The zero-order valence-electron chi connectivity index (χ0n) is 25.2. The van der Waals surface area contributed by atoms with Crippen LogP contribution in [0.4, 0.5) is 5.69 Å². The number of nitrogens with one attached hydrogen (secondary N) is 1. The Morgan fingerprint density at radius 1 is 0.818 bits per heavy atom. The van der Waals surface area contributed by atoms with Crippen LogP contribution < -0.4 is 9.62 Å². The lowest BCUT2D eigenvalue weighted by Crippen LogP contribution is -2.53. The summed E-state index contributed by atoms with van der Waals surface area (Å²) in [7, 11) is -4.13. The number of benzene rings is 4. The van der Waals surface area contributed by atoms with Gasteiger partial charge in [-0.05, 0) is 65.9 Å². The van der Waals surface area contributed by atoms with Crippen molar-refractivity contribution in [2.75, 3.05) is 17.4 Å². The number of rotatable bonds is 13. The van der Waals surface area contributed by atoms with Crippen molar-refractivity contribution in [3.63, 3.8) is 0 Å². The highest BCUT2D eigenvalue weighted by atomic mass is 79.9. The van der Waals surface area contributed by atoms with E-state index in [9.17, 15) is 18.0 Å². The highest BCUT2D eigenvalue weighted by molar-refractivity contribution is 9.10. The number of carbonyl (C=O) groups is 2. The van der Waals surface area contributed by atoms with Gasteiger partial charge in [-0.15, -0.1) is 0 Å². The summed E-state index contributed by atoms with van der Waals surface area (Å²) in [5.74, 6) is -0.580. The number of anilines is 1. The van der Waals surface area contributed by atoms with E-state index < -0.39 is 28.5 Å². The maximum atomic E-state index is 14.5. The van der Waals surface area contributed by atoms with Gasteiger partial charge in [0, 0.05) is 24.0 Å². The van der Waals surface area contributed by atoms with E-state index in [0.29, 0.717) is 12.2 Å². The van der Waals surface area contributed by atoms with Crippen molar-refractivity contribution >= 4 is 43.5 Å². The van der Waals surface area contributed by atoms with Crippen molar-refractivity contribution in [2.45, 2.75) is 44.7 Å². The highest BCUT2D eigenvalue weighted by Crippen LogP contribution is 2.26. The second kappa shape index (κ2) is 15.2. The van der Waals surface area contributed by atoms with Gasteiger partial charge < -0.3 is 10.2 Å². The molecule has 0 unspecified atom stereocenters. The van der Waals surface area contributed by atoms with Gasteiger partial charge in [0.25, 0.3) is 10.0 Å². The Morgan fingerprint density at radius 3 is 2.09 bits per heavy atom. The first-order chi connectivity index (χ1) is 21.0. The third-order valence-corrected chi connectivity index (χ3v) is 9.38. The number of halogens is 1. The van der Waals surface area contributed by atoms with Crippen molar-refractivity contribution in [3.8, 4) is 0 Å². The van der Waals surface area contributed by atoms with E-state index in [4.69, 9.17) is 0 Å². The van der Waals surface area contributed by atoms with Crippen LogP contribution in [0.2, 0.25) is 0 Å². The summed E-state index contributed by atoms with van der Waals surface area (Å²) in [6.45, 7) is 5.94. The first-order valence-electron chi connectivity index (χ1n) is 14.5. The van der Waals surface area contributed by atoms with E-state index >= 15 is 0 Å². The average molecular weight is 677 g/mol. The van der Waals surface area contributed by atoms with Crippen LogP contribution in [0.5, 0.6) is 0 Å². The molecule has 0 saturated carbocycles. The zero-order chi connectivity index (χ0) is 31.7. The highest BCUT2D eigenvalue weighted by Gasteiger charge is 2.34. The van der Waals surface area contributed by atoms with Gasteiger partial charge in [0.05, 0.1) is 10.6 Å². The summed E-state index contributed by atoms with van der Waals surface area (Å²) < 4.78 is 30.1. The molecule has 0 aromatic heterocycles. The fourth-order valence-corrected chi connectivity index (χ4v) is 6.71. The minimum Gasteiger partial charge on any atom is -0.354 e. The Bertz CT molecular complexity index is 1660. The summed E-state index contributed by atoms with van der Waals surface area (Å²) in [5.41, 5.74) is 2.91. The molecule has 0 aliphatic heterocycles. The zero-order valence-corrected chi connectivity index (χ0v) is 27.6. The molecule has 0 heterocycles. The topological polar surface area (TPSA) is 86.8 Å². The summed E-state index contributed by atoms with van der Waals surface area (Å²) in [6.07, 6.45) is 0.264. The fourth-order valence-electron chi connectivity index (χ4n) is 4.84. The van der Waals surface area contributed by atoms with Crippen LogP contribution in [0.15, 0.2) is 119 Å². The smallest absolute Gasteiger partial charge is 0.264 e. The minimum absolute atomic E-state index is 0.0726. The molecule has 4 aromatic rings. The monoisotopic (exact) mass is 675 g/mol. The molecule has 2 amide bonds. The van der Waals surface area contributed by atoms with Crippen molar-refractivity contribution in [2.24, 2.45) is 5.92 Å². The van der Waals surface area contributed by atoms with Crippen LogP contribution in [0.1, 0.15) is 30.5 Å². The molecular weight excluding hydrogens is 638 g/mol. The molecule has 0 aliphatic rings. The predicted molar refractivity (Wildman–Crippen MR) is 179 cm³/mol. The largest absolute Gasteiger partial charge is 0.354 e. The Balaban J connectivity index is 1.79. The van der Waals surface area contributed by atoms with Crippen LogP contribution in [0.3, 0.4) is 0 Å². The Kier molecular flexibility index (Phi) is 11.4. The van der Waals surface area contributed by atoms with Gasteiger partial charge in [0.2, 0.25) is 11.8 Å². The van der Waals surface area contributed by atoms with Gasteiger partial charge >= 0.3 is 0 Å². The Labute approximate surface area is 269 Å². The molecule has 1 atom stereocenters. The van der Waals surface area contributed by atoms with Crippen LogP contribution in [-0.4, -0.2) is 44.3 Å². The van der Waals surface area contributed by atoms with E-state index in [1.165, 1.54) is 17.0 Å². The molecule has 9 heteroatoms. The fraction of sp³-hybridized carbons (Fsp3) is 0.257. The van der Waals surface area contributed by atoms with Crippen LogP contribution >= 0.6 is 15.9 Å². The van der Waals surface area contributed by atoms with Gasteiger partial charge in [0.15, 0.2) is 0 Å². The number of hydrogen-bond acceptors (Lipinski definition) is 4. The normalized spacial score (nSPS) is 12.0. The van der Waals surface area contributed by atoms with E-state index in [1.54, 1.807) is 36.4 Å². The van der Waals surface area contributed by atoms with Gasteiger partial charge in [-0.3, -0.25) is 13.9 Å². The van der Waals surface area contributed by atoms with E-state index in [-0.39, 0.29) is 29.7 Å². The number of hydrogen-bond donors (Lipinski definition) is 1. The maximum absolute atomic E-state index is 14.5. The molecule has 0 spiro atoms. The molecule has 44 heavy (non-hydrogen) atoms. The summed E-state index contributed by atoms with van der Waals surface area (Å²) in [5, 5.41) is 3.01. The summed E-state index contributed by atoms with van der Waals surface area (Å²) >= 11 is 3.51. The van der Waals surface area contributed by atoms with Crippen molar-refractivity contribution < 1.29 is 18.0 Å². The number of aryl methyl sites for hydroxylation is 1. The van der Waals surface area contributed by atoms with E-state index in [1.807, 2.05) is 81.4 Å². The lowest BCUT2D eigenvalue weighted by molar-refractivity contribution is -0.140. The SMILES string of the molecule is Cc1cccc(N(CC(=O)N(Cc2cccc(Br)c2)[C@@H](Cc2ccccc2)C(=O)NCC(C)C)S(=O)(=O)c2ccccc2)c1. The number of nitrogens with zero attached hydrogens (tertiary/aromatic N) is 2. The Morgan fingerprint density at radius 2 is 1.45 bits per heavy atom. The molecule has 230 valence electrons. The van der Waals surface area contributed by atoms with Crippen LogP contribution in [0, 0.1) is 12.8 Å². The average Bonchev–Trinajstić information content (AvgIpc) is 3.01. The van der Waals surface area contributed by atoms with Gasteiger partial charge in [-0.2, -0.15) is 0 Å². The quantitative estimate of drug-likeness (QED) is 0.179. The number of amides is 2. The maximum Gasteiger partial charge on any atom is 0.264 e. The van der Waals surface area contributed by atoms with Gasteiger partial charge in [0.1, 0.15) is 12.6 Å². The Hall–Kier alpha value is -3.95. The van der Waals surface area contributed by atoms with E-state index in [2.05, 4.69) is 21.2 Å². The predicted octanol–water partition coefficient (Wildman–Crippen LogP) is 6.37. The molecule has 7 nitrogen and oxygen atoms in total. The second-order valence-electron chi connectivity index (χ2n) is 11.2. The first kappa shape index (κ1) is 33.0. The molecule has 0 radical (unpaired) electrons. The standard InChI is InChI=1S/C35H38BrN3O4S/c1-26(2)23-37-35(41)33(22-28-13-6-4-7-14-28)38(24-29-15-11-16-30(36)21-29)34(40)25-39(31-17-10-12-27(3)20-31)44(42,43)32-18-8-5-9-19-32/h4-21,26,33H,22-25H2,1-3H3,(H,37,41)/t33-/m0/s1. The molecule has 0 saturated heterocycles. The van der Waals surface area contributed by atoms with Crippen molar-refractivity contribution in [3.05, 3.63) is 130 Å². The molecule has 4 aromatic carbocycles. The van der Waals surface area contributed by atoms with Crippen molar-refractivity contribution in [1.29, 1.82) is 0 Å². The van der Waals surface area contributed by atoms with Crippen LogP contribution in [0.25, 0.3) is 0 Å². The van der Waals surface area contributed by atoms with Gasteiger partial charge in [-0.25, -0.2) is 8.42 Å². The summed E-state index contributed by atoms with van der Waals surface area (Å²) in [6, 6.07) is 31.3. The third kappa shape index (κ3) is 8.80. The first-order valence-corrected chi connectivity index (χ1v) is 16.8. The lowest BCUT2D eigenvalue weighted by Gasteiger charge is -2.34. The molecule has 0 aliphatic carbocycles. The van der Waals surface area contributed by atoms with E-state index in [0.717, 1.165) is 25.5 Å².